The maximum atomic E-state index is 11.5. The SMILES string of the molecule is CC1CN(c2ccccc2)C(=O)C(=O)O1. The summed E-state index contributed by atoms with van der Waals surface area (Å²) < 4.78 is 4.82. The van der Waals surface area contributed by atoms with Gasteiger partial charge in [-0.2, -0.15) is 0 Å². The molecule has 0 aromatic heterocycles. The maximum absolute atomic E-state index is 11.5. The number of carbonyl (C=O) groups excluding carboxylic acids is 2. The number of hydrogen-bond acceptors (Lipinski definition) is 3. The van der Waals surface area contributed by atoms with Crippen LogP contribution in [-0.4, -0.2) is 24.5 Å². The largest absolute Gasteiger partial charge is 0.454 e. The molecule has 1 amide bonds. The van der Waals surface area contributed by atoms with E-state index in [9.17, 15) is 9.59 Å². The van der Waals surface area contributed by atoms with Gasteiger partial charge in [-0.1, -0.05) is 18.2 Å². The number of anilines is 1. The number of ether oxygens (including phenoxy) is 1. The molecule has 1 aromatic carbocycles. The summed E-state index contributed by atoms with van der Waals surface area (Å²) in [6.07, 6.45) is -0.254. The molecular weight excluding hydrogens is 194 g/mol. The van der Waals surface area contributed by atoms with Gasteiger partial charge in [-0.15, -0.1) is 0 Å². The molecule has 0 N–H and O–H groups in total. The number of amides is 1. The number of morpholine rings is 1. The fraction of sp³-hybridized carbons (Fsp3) is 0.273. The van der Waals surface area contributed by atoms with Gasteiger partial charge in [0.05, 0.1) is 6.54 Å². The quantitative estimate of drug-likeness (QED) is 0.507. The van der Waals surface area contributed by atoms with Gasteiger partial charge in [0.15, 0.2) is 0 Å². The van der Waals surface area contributed by atoms with E-state index in [-0.39, 0.29) is 6.10 Å². The molecule has 0 bridgehead atoms. The molecule has 1 fully saturated rings. The number of cyclic esters (lactones) is 1. The van der Waals surface area contributed by atoms with Crippen molar-refractivity contribution >= 4 is 17.6 Å². The monoisotopic (exact) mass is 205 g/mol. The molecule has 1 saturated heterocycles. The first-order valence-corrected chi connectivity index (χ1v) is 4.76. The minimum absolute atomic E-state index is 0.254. The lowest BCUT2D eigenvalue weighted by atomic mass is 10.2. The normalized spacial score (nSPS) is 21.4. The number of hydrogen-bond donors (Lipinski definition) is 0. The molecule has 2 rings (SSSR count). The zero-order valence-corrected chi connectivity index (χ0v) is 8.34. The second-order valence-corrected chi connectivity index (χ2v) is 3.47. The van der Waals surface area contributed by atoms with E-state index in [0.717, 1.165) is 5.69 Å². The van der Waals surface area contributed by atoms with Crippen molar-refractivity contribution in [1.82, 2.24) is 0 Å². The maximum Gasteiger partial charge on any atom is 0.397 e. The van der Waals surface area contributed by atoms with Crippen LogP contribution in [0.1, 0.15) is 6.92 Å². The Balaban J connectivity index is 2.28. The van der Waals surface area contributed by atoms with Gasteiger partial charge in [0, 0.05) is 5.69 Å². The molecule has 1 aliphatic rings. The molecule has 4 heteroatoms. The fourth-order valence-corrected chi connectivity index (χ4v) is 1.55. The van der Waals surface area contributed by atoms with Gasteiger partial charge in [-0.3, -0.25) is 9.69 Å². The van der Waals surface area contributed by atoms with E-state index < -0.39 is 11.9 Å². The van der Waals surface area contributed by atoms with Gasteiger partial charge in [0.2, 0.25) is 0 Å². The third-order valence-corrected chi connectivity index (χ3v) is 2.24. The zero-order chi connectivity index (χ0) is 10.8. The highest BCUT2D eigenvalue weighted by molar-refractivity contribution is 6.38. The molecule has 78 valence electrons. The topological polar surface area (TPSA) is 46.6 Å². The second-order valence-electron chi connectivity index (χ2n) is 3.47. The van der Waals surface area contributed by atoms with Crippen molar-refractivity contribution in [2.45, 2.75) is 13.0 Å². The number of nitrogens with zero attached hydrogens (tertiary/aromatic N) is 1. The molecule has 15 heavy (non-hydrogen) atoms. The number of esters is 1. The van der Waals surface area contributed by atoms with Crippen LogP contribution in [0.4, 0.5) is 5.69 Å². The highest BCUT2D eigenvalue weighted by Gasteiger charge is 2.32. The fourth-order valence-electron chi connectivity index (χ4n) is 1.55. The van der Waals surface area contributed by atoms with Gasteiger partial charge in [0.25, 0.3) is 0 Å². The van der Waals surface area contributed by atoms with Crippen LogP contribution in [0.25, 0.3) is 0 Å². The van der Waals surface area contributed by atoms with Gasteiger partial charge in [-0.05, 0) is 19.1 Å². The van der Waals surface area contributed by atoms with E-state index in [1.807, 2.05) is 18.2 Å². The lowest BCUT2D eigenvalue weighted by Crippen LogP contribution is -2.48. The van der Waals surface area contributed by atoms with Crippen molar-refractivity contribution in [3.8, 4) is 0 Å². The summed E-state index contributed by atoms with van der Waals surface area (Å²) >= 11 is 0. The van der Waals surface area contributed by atoms with Crippen LogP contribution in [0, 0.1) is 0 Å². The van der Waals surface area contributed by atoms with E-state index >= 15 is 0 Å². The molecule has 1 atom stereocenters. The third-order valence-electron chi connectivity index (χ3n) is 2.24. The summed E-state index contributed by atoms with van der Waals surface area (Å²) in [5.74, 6) is -1.38. The van der Waals surface area contributed by atoms with Crippen LogP contribution in [0.15, 0.2) is 30.3 Å². The zero-order valence-electron chi connectivity index (χ0n) is 8.34. The number of benzene rings is 1. The Morgan fingerprint density at radius 2 is 1.93 bits per heavy atom. The first-order valence-electron chi connectivity index (χ1n) is 4.76. The number of para-hydroxylation sites is 1. The summed E-state index contributed by atoms with van der Waals surface area (Å²) in [6, 6.07) is 9.10. The van der Waals surface area contributed by atoms with Gasteiger partial charge < -0.3 is 4.74 Å². The van der Waals surface area contributed by atoms with E-state index in [1.54, 1.807) is 19.1 Å². The number of rotatable bonds is 1. The Hall–Kier alpha value is -1.84. The molecule has 0 spiro atoms. The van der Waals surface area contributed by atoms with Crippen molar-refractivity contribution in [1.29, 1.82) is 0 Å². The Morgan fingerprint density at radius 1 is 1.27 bits per heavy atom. The van der Waals surface area contributed by atoms with Crippen molar-refractivity contribution in [3.05, 3.63) is 30.3 Å². The summed E-state index contributed by atoms with van der Waals surface area (Å²) in [6.45, 7) is 2.18. The van der Waals surface area contributed by atoms with E-state index in [2.05, 4.69) is 0 Å². The summed E-state index contributed by atoms with van der Waals surface area (Å²) in [5, 5.41) is 0. The van der Waals surface area contributed by atoms with E-state index in [1.165, 1.54) is 4.90 Å². The Bertz CT molecular complexity index is 388. The smallest absolute Gasteiger partial charge is 0.397 e. The highest BCUT2D eigenvalue weighted by Crippen LogP contribution is 2.18. The minimum Gasteiger partial charge on any atom is -0.454 e. The average molecular weight is 205 g/mol. The lowest BCUT2D eigenvalue weighted by Gasteiger charge is -2.29. The van der Waals surface area contributed by atoms with Crippen LogP contribution in [0.3, 0.4) is 0 Å². The average Bonchev–Trinajstić information content (AvgIpc) is 2.24. The minimum atomic E-state index is -0.780. The molecule has 4 nitrogen and oxygen atoms in total. The van der Waals surface area contributed by atoms with Crippen LogP contribution in [-0.2, 0) is 14.3 Å². The first kappa shape index (κ1) is 9.71. The van der Waals surface area contributed by atoms with Crippen LogP contribution < -0.4 is 4.90 Å². The predicted molar refractivity (Wildman–Crippen MR) is 54.3 cm³/mol. The van der Waals surface area contributed by atoms with Crippen molar-refractivity contribution in [2.24, 2.45) is 0 Å². The van der Waals surface area contributed by atoms with Crippen LogP contribution in [0.5, 0.6) is 0 Å². The van der Waals surface area contributed by atoms with Gasteiger partial charge in [-0.25, -0.2) is 4.79 Å². The lowest BCUT2D eigenvalue weighted by molar-refractivity contribution is -0.160. The van der Waals surface area contributed by atoms with E-state index in [0.29, 0.717) is 6.54 Å². The molecule has 0 radical (unpaired) electrons. The molecule has 0 aliphatic carbocycles. The molecule has 1 heterocycles. The Kier molecular flexibility index (Phi) is 2.41. The summed E-state index contributed by atoms with van der Waals surface area (Å²) in [5.41, 5.74) is 0.728. The highest BCUT2D eigenvalue weighted by atomic mass is 16.6. The molecule has 1 aliphatic heterocycles. The Morgan fingerprint density at radius 3 is 2.60 bits per heavy atom. The number of carbonyl (C=O) groups is 2. The molecule has 1 aromatic rings. The summed E-state index contributed by atoms with van der Waals surface area (Å²) in [7, 11) is 0. The van der Waals surface area contributed by atoms with Crippen molar-refractivity contribution in [3.63, 3.8) is 0 Å². The molecule has 0 saturated carbocycles. The third kappa shape index (κ3) is 1.83. The predicted octanol–water partition coefficient (Wildman–Crippen LogP) is 0.965. The van der Waals surface area contributed by atoms with Gasteiger partial charge >= 0.3 is 11.9 Å². The Labute approximate surface area is 87.4 Å². The molecule has 1 unspecified atom stereocenters. The van der Waals surface area contributed by atoms with Gasteiger partial charge in [0.1, 0.15) is 6.10 Å². The second kappa shape index (κ2) is 3.73. The van der Waals surface area contributed by atoms with Crippen molar-refractivity contribution < 1.29 is 14.3 Å². The van der Waals surface area contributed by atoms with Crippen LogP contribution >= 0.6 is 0 Å². The van der Waals surface area contributed by atoms with E-state index in [4.69, 9.17) is 4.74 Å². The standard InChI is InChI=1S/C11H11NO3/c1-8-7-12(10(13)11(14)15-8)9-5-3-2-4-6-9/h2-6,8H,7H2,1H3. The van der Waals surface area contributed by atoms with Crippen molar-refractivity contribution in [2.75, 3.05) is 11.4 Å². The van der Waals surface area contributed by atoms with Crippen LogP contribution in [0.2, 0.25) is 0 Å². The summed E-state index contributed by atoms with van der Waals surface area (Å²) in [4.78, 5) is 24.1. The molecular formula is C11H11NO3. The first-order chi connectivity index (χ1) is 7.18.